The topological polar surface area (TPSA) is 38.9 Å². The summed E-state index contributed by atoms with van der Waals surface area (Å²) in [7, 11) is 0. The molecule has 0 atom stereocenters. The molecule has 1 heterocycles. The zero-order valence-electron chi connectivity index (χ0n) is 10.6. The van der Waals surface area contributed by atoms with E-state index >= 15 is 0 Å². The second kappa shape index (κ2) is 4.10. The molecule has 0 amide bonds. The van der Waals surface area contributed by atoms with Gasteiger partial charge in [0.15, 0.2) is 0 Å². The molecule has 2 N–H and O–H groups in total. The fourth-order valence-electron chi connectivity index (χ4n) is 2.39. The Morgan fingerprint density at radius 3 is 2.40 bits per heavy atom. The molecule has 20 heavy (non-hydrogen) atoms. The van der Waals surface area contributed by atoms with Crippen LogP contribution in [-0.2, 0) is 6.18 Å². The molecule has 3 aromatic rings. The van der Waals surface area contributed by atoms with Crippen LogP contribution in [0.2, 0.25) is 0 Å². The van der Waals surface area contributed by atoms with Gasteiger partial charge in [-0.2, -0.15) is 13.2 Å². The van der Waals surface area contributed by atoms with Gasteiger partial charge in [0.25, 0.3) is 0 Å². The quantitative estimate of drug-likeness (QED) is 0.622. The molecule has 5 heteroatoms. The third-order valence-corrected chi connectivity index (χ3v) is 3.44. The molecule has 0 saturated carbocycles. The summed E-state index contributed by atoms with van der Waals surface area (Å²) in [6, 6.07) is 10.7. The van der Waals surface area contributed by atoms with Crippen molar-refractivity contribution in [2.75, 3.05) is 5.73 Å². The number of pyridine rings is 1. The van der Waals surface area contributed by atoms with Gasteiger partial charge in [-0.05, 0) is 12.3 Å². The lowest BCUT2D eigenvalue weighted by atomic mass is 10.0. The number of aromatic nitrogens is 1. The van der Waals surface area contributed by atoms with Crippen LogP contribution < -0.4 is 5.73 Å². The third-order valence-electron chi connectivity index (χ3n) is 3.44. The molecule has 0 aliphatic carbocycles. The van der Waals surface area contributed by atoms with Crippen LogP contribution in [0.1, 0.15) is 11.3 Å². The smallest absolute Gasteiger partial charge is 0.398 e. The molecule has 0 aliphatic heterocycles. The van der Waals surface area contributed by atoms with E-state index < -0.39 is 11.9 Å². The lowest BCUT2D eigenvalue weighted by Crippen LogP contribution is -2.12. The Morgan fingerprint density at radius 1 is 1.00 bits per heavy atom. The van der Waals surface area contributed by atoms with E-state index in [1.807, 2.05) is 18.2 Å². The number of nitrogens with zero attached hydrogens (tertiary/aromatic N) is 1. The zero-order valence-corrected chi connectivity index (χ0v) is 10.6. The number of fused-ring (bicyclic) bond motifs is 3. The van der Waals surface area contributed by atoms with Crippen LogP contribution in [0.5, 0.6) is 0 Å². The average molecular weight is 276 g/mol. The Hall–Kier alpha value is -2.30. The number of hydrogen-bond donors (Lipinski definition) is 1. The first kappa shape index (κ1) is 12.7. The first-order valence-corrected chi connectivity index (χ1v) is 6.04. The highest BCUT2D eigenvalue weighted by Gasteiger charge is 2.35. The summed E-state index contributed by atoms with van der Waals surface area (Å²) in [5, 5.41) is 2.06. The fraction of sp³-hybridized carbons (Fsp3) is 0.133. The Bertz CT molecular complexity index is 823. The first-order chi connectivity index (χ1) is 9.39. The van der Waals surface area contributed by atoms with E-state index in [1.165, 1.54) is 6.92 Å². The summed E-state index contributed by atoms with van der Waals surface area (Å²) in [6.45, 7) is 1.35. The van der Waals surface area contributed by atoms with Crippen LogP contribution in [0.15, 0.2) is 36.4 Å². The van der Waals surface area contributed by atoms with Crippen molar-refractivity contribution in [2.24, 2.45) is 0 Å². The minimum atomic E-state index is -4.51. The van der Waals surface area contributed by atoms with E-state index in [9.17, 15) is 13.2 Å². The molecule has 2 aromatic carbocycles. The highest BCUT2D eigenvalue weighted by Crippen LogP contribution is 2.37. The van der Waals surface area contributed by atoms with Gasteiger partial charge in [-0.15, -0.1) is 0 Å². The average Bonchev–Trinajstić information content (AvgIpc) is 2.41. The number of alkyl halides is 3. The molecule has 0 aliphatic rings. The SMILES string of the molecule is Cc1c(C(F)(F)F)nc2c(ccc3ccccc32)c1N. The van der Waals surface area contributed by atoms with Crippen molar-refractivity contribution in [1.82, 2.24) is 4.98 Å². The van der Waals surface area contributed by atoms with E-state index in [-0.39, 0.29) is 11.3 Å². The Balaban J connectivity index is 2.52. The lowest BCUT2D eigenvalue weighted by Gasteiger charge is -2.14. The van der Waals surface area contributed by atoms with Crippen LogP contribution >= 0.6 is 0 Å². The van der Waals surface area contributed by atoms with Gasteiger partial charge in [0.1, 0.15) is 5.69 Å². The lowest BCUT2D eigenvalue weighted by molar-refractivity contribution is -0.141. The van der Waals surface area contributed by atoms with Gasteiger partial charge < -0.3 is 5.73 Å². The minimum absolute atomic E-state index is 0.0275. The maximum atomic E-state index is 13.0. The first-order valence-electron chi connectivity index (χ1n) is 6.04. The molecule has 0 fully saturated rings. The van der Waals surface area contributed by atoms with Gasteiger partial charge in [-0.3, -0.25) is 0 Å². The van der Waals surface area contributed by atoms with Crippen molar-refractivity contribution in [1.29, 1.82) is 0 Å². The molecule has 3 rings (SSSR count). The van der Waals surface area contributed by atoms with Gasteiger partial charge in [0.2, 0.25) is 0 Å². The summed E-state index contributed by atoms with van der Waals surface area (Å²) in [4.78, 5) is 3.83. The molecule has 0 saturated heterocycles. The van der Waals surface area contributed by atoms with Gasteiger partial charge in [0.05, 0.1) is 5.52 Å². The van der Waals surface area contributed by atoms with Gasteiger partial charge >= 0.3 is 6.18 Å². The summed E-state index contributed by atoms with van der Waals surface area (Å²) in [5.74, 6) is 0. The number of nitrogens with two attached hydrogens (primary N) is 1. The van der Waals surface area contributed by atoms with Gasteiger partial charge in [0, 0.05) is 22.0 Å². The maximum absolute atomic E-state index is 13.0. The predicted octanol–water partition coefficient (Wildman–Crippen LogP) is 4.30. The van der Waals surface area contributed by atoms with Gasteiger partial charge in [-0.25, -0.2) is 4.98 Å². The second-order valence-corrected chi connectivity index (χ2v) is 4.68. The van der Waals surface area contributed by atoms with E-state index in [2.05, 4.69) is 4.98 Å². The number of halogens is 3. The molecule has 0 bridgehead atoms. The Morgan fingerprint density at radius 2 is 1.70 bits per heavy atom. The van der Waals surface area contributed by atoms with E-state index in [4.69, 9.17) is 5.73 Å². The van der Waals surface area contributed by atoms with E-state index in [0.29, 0.717) is 16.3 Å². The largest absolute Gasteiger partial charge is 0.433 e. The van der Waals surface area contributed by atoms with E-state index in [1.54, 1.807) is 18.2 Å². The molecular weight excluding hydrogens is 265 g/mol. The summed E-state index contributed by atoms with van der Waals surface area (Å²) in [5.41, 5.74) is 5.34. The number of benzene rings is 2. The molecule has 0 radical (unpaired) electrons. The Kier molecular flexibility index (Phi) is 2.61. The summed E-state index contributed by atoms with van der Waals surface area (Å²) < 4.78 is 39.1. The van der Waals surface area contributed by atoms with E-state index in [0.717, 1.165) is 5.39 Å². The van der Waals surface area contributed by atoms with Gasteiger partial charge in [-0.1, -0.05) is 36.4 Å². The van der Waals surface area contributed by atoms with Crippen molar-refractivity contribution in [3.63, 3.8) is 0 Å². The molecule has 0 spiro atoms. The fourth-order valence-corrected chi connectivity index (χ4v) is 2.39. The number of nitrogen functional groups attached to an aromatic ring is 1. The van der Waals surface area contributed by atoms with Crippen molar-refractivity contribution >= 4 is 27.4 Å². The van der Waals surface area contributed by atoms with Crippen molar-refractivity contribution in [3.8, 4) is 0 Å². The molecule has 1 aromatic heterocycles. The van der Waals surface area contributed by atoms with Crippen molar-refractivity contribution in [2.45, 2.75) is 13.1 Å². The minimum Gasteiger partial charge on any atom is -0.398 e. The van der Waals surface area contributed by atoms with Crippen LogP contribution in [0.25, 0.3) is 21.7 Å². The van der Waals surface area contributed by atoms with Crippen LogP contribution in [0.4, 0.5) is 18.9 Å². The normalized spacial score (nSPS) is 12.2. The van der Waals surface area contributed by atoms with Crippen LogP contribution in [0.3, 0.4) is 0 Å². The molecule has 102 valence electrons. The maximum Gasteiger partial charge on any atom is 0.433 e. The zero-order chi connectivity index (χ0) is 14.5. The van der Waals surface area contributed by atoms with Crippen molar-refractivity contribution < 1.29 is 13.2 Å². The highest BCUT2D eigenvalue weighted by atomic mass is 19.4. The van der Waals surface area contributed by atoms with Crippen LogP contribution in [-0.4, -0.2) is 4.98 Å². The molecule has 0 unspecified atom stereocenters. The molecular formula is C15H11F3N2. The Labute approximate surface area is 113 Å². The number of hydrogen-bond acceptors (Lipinski definition) is 2. The standard InChI is InChI=1S/C15H11F3N2/c1-8-12(19)11-7-6-9-4-2-3-5-10(9)13(11)20-14(8)15(16,17)18/h2-7H,1H3,(H2,19,20). The molecule has 2 nitrogen and oxygen atoms in total. The number of anilines is 1. The highest BCUT2D eigenvalue weighted by molar-refractivity contribution is 6.09. The monoisotopic (exact) mass is 276 g/mol. The predicted molar refractivity (Wildman–Crippen MR) is 73.4 cm³/mol. The number of rotatable bonds is 0. The summed E-state index contributed by atoms with van der Waals surface area (Å²) >= 11 is 0. The second-order valence-electron chi connectivity index (χ2n) is 4.68. The van der Waals surface area contributed by atoms with Crippen molar-refractivity contribution in [3.05, 3.63) is 47.7 Å². The van der Waals surface area contributed by atoms with Crippen LogP contribution in [0, 0.1) is 6.92 Å². The summed E-state index contributed by atoms with van der Waals surface area (Å²) in [6.07, 6.45) is -4.51. The third kappa shape index (κ3) is 1.78.